The third-order valence-corrected chi connectivity index (χ3v) is 4.14. The Morgan fingerprint density at radius 3 is 1.96 bits per heavy atom. The molecule has 146 valence electrons. The van der Waals surface area contributed by atoms with Crippen LogP contribution in [-0.2, 0) is 9.53 Å². The maximum atomic E-state index is 10.3. The maximum absolute atomic E-state index is 10.3. The molecule has 4 nitrogen and oxygen atoms in total. The summed E-state index contributed by atoms with van der Waals surface area (Å²) >= 11 is 0. The number of rotatable bonds is 15. The van der Waals surface area contributed by atoms with Gasteiger partial charge in [0.15, 0.2) is 6.40 Å². The lowest BCUT2D eigenvalue weighted by Crippen LogP contribution is -1.93. The summed E-state index contributed by atoms with van der Waals surface area (Å²) in [6.45, 7) is 3.88. The van der Waals surface area contributed by atoms with Gasteiger partial charge in [0, 0.05) is 6.42 Å². The van der Waals surface area contributed by atoms with Gasteiger partial charge in [-0.25, -0.2) is 0 Å². The van der Waals surface area contributed by atoms with Crippen molar-refractivity contribution in [2.45, 2.75) is 96.8 Å². The number of hydrogen-bond donors (Lipinski definition) is 1. The van der Waals surface area contributed by atoms with E-state index in [0.717, 1.165) is 26.0 Å². The SMILES string of the molecule is C1=NCCO1.CCCCCCCCC=CCCCCCCCC(=O)O. The van der Waals surface area contributed by atoms with Crippen molar-refractivity contribution >= 4 is 12.4 Å². The van der Waals surface area contributed by atoms with Crippen LogP contribution < -0.4 is 0 Å². The van der Waals surface area contributed by atoms with Crippen molar-refractivity contribution in [1.29, 1.82) is 0 Å². The van der Waals surface area contributed by atoms with E-state index < -0.39 is 5.97 Å². The molecule has 0 radical (unpaired) electrons. The van der Waals surface area contributed by atoms with Crippen LogP contribution in [0.15, 0.2) is 17.1 Å². The Bertz CT molecular complexity index is 334. The molecule has 0 aromatic heterocycles. The van der Waals surface area contributed by atoms with Crippen LogP contribution in [0.1, 0.15) is 96.8 Å². The van der Waals surface area contributed by atoms with Crippen molar-refractivity contribution in [3.05, 3.63) is 12.2 Å². The Labute approximate surface area is 154 Å². The third kappa shape index (κ3) is 22.7. The summed E-state index contributed by atoms with van der Waals surface area (Å²) in [5.41, 5.74) is 0. The first-order valence-corrected chi connectivity index (χ1v) is 10.2. The van der Waals surface area contributed by atoms with E-state index in [2.05, 4.69) is 28.8 Å². The second-order valence-corrected chi connectivity index (χ2v) is 6.61. The highest BCUT2D eigenvalue weighted by atomic mass is 16.5. The van der Waals surface area contributed by atoms with E-state index in [1.807, 2.05) is 0 Å². The Hall–Kier alpha value is -1.32. The zero-order valence-corrected chi connectivity index (χ0v) is 16.3. The number of aliphatic imine (C=N–C) groups is 1. The number of carboxylic acids is 1. The normalized spacial score (nSPS) is 12.8. The second-order valence-electron chi connectivity index (χ2n) is 6.61. The molecule has 0 aliphatic carbocycles. The van der Waals surface area contributed by atoms with Crippen LogP contribution in [0.25, 0.3) is 0 Å². The fraction of sp³-hybridized carbons (Fsp3) is 0.810. The summed E-state index contributed by atoms with van der Waals surface area (Å²) < 4.78 is 4.65. The highest BCUT2D eigenvalue weighted by Gasteiger charge is 1.95. The van der Waals surface area contributed by atoms with Crippen LogP contribution in [0.3, 0.4) is 0 Å². The Morgan fingerprint density at radius 1 is 0.960 bits per heavy atom. The molecule has 0 unspecified atom stereocenters. The van der Waals surface area contributed by atoms with Crippen molar-refractivity contribution in [1.82, 2.24) is 0 Å². The van der Waals surface area contributed by atoms with Gasteiger partial charge in [-0.15, -0.1) is 0 Å². The summed E-state index contributed by atoms with van der Waals surface area (Å²) in [6.07, 6.45) is 22.7. The summed E-state index contributed by atoms with van der Waals surface area (Å²) in [5.74, 6) is -0.664. The first-order valence-electron chi connectivity index (χ1n) is 10.2. The fourth-order valence-electron chi connectivity index (χ4n) is 2.61. The number of nitrogens with zero attached hydrogens (tertiary/aromatic N) is 1. The van der Waals surface area contributed by atoms with Crippen molar-refractivity contribution < 1.29 is 14.6 Å². The van der Waals surface area contributed by atoms with E-state index in [4.69, 9.17) is 5.11 Å². The van der Waals surface area contributed by atoms with Crippen LogP contribution >= 0.6 is 0 Å². The molecule has 1 aliphatic heterocycles. The summed E-state index contributed by atoms with van der Waals surface area (Å²) in [5, 5.41) is 8.51. The minimum atomic E-state index is -0.664. The Morgan fingerprint density at radius 2 is 1.52 bits per heavy atom. The molecule has 1 aliphatic rings. The smallest absolute Gasteiger partial charge is 0.303 e. The average molecular weight is 354 g/mol. The minimum Gasteiger partial charge on any atom is -0.482 e. The molecule has 0 atom stereocenters. The van der Waals surface area contributed by atoms with E-state index >= 15 is 0 Å². The Balaban J connectivity index is 0.000000972. The van der Waals surface area contributed by atoms with Crippen LogP contribution in [-0.4, -0.2) is 30.6 Å². The summed E-state index contributed by atoms with van der Waals surface area (Å²) in [6, 6.07) is 0. The lowest BCUT2D eigenvalue weighted by Gasteiger charge is -1.99. The van der Waals surface area contributed by atoms with Crippen LogP contribution in [0, 0.1) is 0 Å². The van der Waals surface area contributed by atoms with Crippen LogP contribution in [0.5, 0.6) is 0 Å². The number of carboxylic acid groups (broad SMARTS) is 1. The van der Waals surface area contributed by atoms with Gasteiger partial charge in [0.1, 0.15) is 6.61 Å². The summed E-state index contributed by atoms with van der Waals surface area (Å²) in [7, 11) is 0. The van der Waals surface area contributed by atoms with Gasteiger partial charge in [-0.3, -0.25) is 9.79 Å². The van der Waals surface area contributed by atoms with Gasteiger partial charge in [0.05, 0.1) is 6.54 Å². The van der Waals surface area contributed by atoms with Gasteiger partial charge in [-0.1, -0.05) is 70.4 Å². The van der Waals surface area contributed by atoms with Gasteiger partial charge >= 0.3 is 5.97 Å². The van der Waals surface area contributed by atoms with Gasteiger partial charge in [0.2, 0.25) is 0 Å². The number of allylic oxidation sites excluding steroid dienone is 2. The van der Waals surface area contributed by atoms with E-state index in [9.17, 15) is 4.79 Å². The molecule has 1 heterocycles. The maximum Gasteiger partial charge on any atom is 0.303 e. The Kier molecular flexibility index (Phi) is 19.6. The predicted octanol–water partition coefficient (Wildman–Crippen LogP) is 6.15. The molecule has 0 saturated heterocycles. The van der Waals surface area contributed by atoms with Crippen LogP contribution in [0.4, 0.5) is 0 Å². The summed E-state index contributed by atoms with van der Waals surface area (Å²) in [4.78, 5) is 14.1. The zero-order valence-electron chi connectivity index (χ0n) is 16.3. The topological polar surface area (TPSA) is 58.9 Å². The zero-order chi connectivity index (χ0) is 18.4. The van der Waals surface area contributed by atoms with Gasteiger partial charge in [0.25, 0.3) is 0 Å². The molecule has 1 rings (SSSR count). The lowest BCUT2D eigenvalue weighted by molar-refractivity contribution is -0.137. The molecule has 0 amide bonds. The van der Waals surface area contributed by atoms with Crippen molar-refractivity contribution in [2.24, 2.45) is 4.99 Å². The van der Waals surface area contributed by atoms with Gasteiger partial charge < -0.3 is 9.84 Å². The van der Waals surface area contributed by atoms with Gasteiger partial charge in [-0.05, 0) is 32.1 Å². The first kappa shape index (κ1) is 23.7. The number of aliphatic carboxylic acids is 1. The van der Waals surface area contributed by atoms with Crippen molar-refractivity contribution in [2.75, 3.05) is 13.2 Å². The third-order valence-electron chi connectivity index (χ3n) is 4.14. The number of hydrogen-bond acceptors (Lipinski definition) is 3. The molecule has 0 aromatic carbocycles. The number of ether oxygens (including phenoxy) is 1. The molecule has 0 aromatic rings. The number of unbranched alkanes of at least 4 members (excludes halogenated alkanes) is 11. The molecular weight excluding hydrogens is 314 g/mol. The standard InChI is InChI=1S/C18H34O2.C3H5NO/c1-2-3-4-5-6-7-8-9-10-11-12-13-14-15-16-17-18(19)20;1-2-5-3-4-1/h9-10H,2-8,11-17H2,1H3,(H,19,20);3H,1-2H2. The molecule has 0 bridgehead atoms. The highest BCUT2D eigenvalue weighted by molar-refractivity contribution is 5.66. The van der Waals surface area contributed by atoms with Crippen molar-refractivity contribution in [3.8, 4) is 0 Å². The lowest BCUT2D eigenvalue weighted by atomic mass is 10.1. The molecule has 0 spiro atoms. The fourth-order valence-corrected chi connectivity index (χ4v) is 2.61. The van der Waals surface area contributed by atoms with Gasteiger partial charge in [-0.2, -0.15) is 0 Å². The highest BCUT2D eigenvalue weighted by Crippen LogP contribution is 2.09. The molecule has 25 heavy (non-hydrogen) atoms. The first-order chi connectivity index (χ1) is 12.3. The molecular formula is C21H39NO3. The predicted molar refractivity (Wildman–Crippen MR) is 106 cm³/mol. The largest absolute Gasteiger partial charge is 0.482 e. The quantitative estimate of drug-likeness (QED) is 0.283. The second kappa shape index (κ2) is 20.7. The van der Waals surface area contributed by atoms with Crippen LogP contribution in [0.2, 0.25) is 0 Å². The number of carbonyl (C=O) groups is 1. The average Bonchev–Trinajstić information content (AvgIpc) is 3.18. The molecule has 1 N–H and O–H groups in total. The van der Waals surface area contributed by atoms with E-state index in [0.29, 0.717) is 6.42 Å². The van der Waals surface area contributed by atoms with E-state index in [1.54, 1.807) is 0 Å². The monoisotopic (exact) mass is 353 g/mol. The minimum absolute atomic E-state index is 0.332. The molecule has 4 heteroatoms. The van der Waals surface area contributed by atoms with E-state index in [1.165, 1.54) is 77.0 Å². The molecule has 0 fully saturated rings. The van der Waals surface area contributed by atoms with Crippen molar-refractivity contribution in [3.63, 3.8) is 0 Å². The van der Waals surface area contributed by atoms with E-state index in [-0.39, 0.29) is 0 Å². The molecule has 0 saturated carbocycles.